The van der Waals surface area contributed by atoms with Crippen molar-refractivity contribution < 1.29 is 56.5 Å². The molecule has 1 heterocycles. The molecule has 0 radical (unpaired) electrons. The van der Waals surface area contributed by atoms with Crippen LogP contribution in [0.5, 0.6) is 5.75 Å². The minimum absolute atomic E-state index is 0. The summed E-state index contributed by atoms with van der Waals surface area (Å²) in [6.07, 6.45) is 3.03. The van der Waals surface area contributed by atoms with Gasteiger partial charge in [0.05, 0.1) is 5.69 Å². The Balaban J connectivity index is 0.000000845. The maximum atomic E-state index is 10.7. The molecule has 0 amide bonds. The Morgan fingerprint density at radius 1 is 1.15 bits per heavy atom. The molecule has 13 heavy (non-hydrogen) atoms. The molecule has 4 nitrogen and oxygen atoms in total. The average Bonchev–Trinajstić information content (AvgIpc) is 2.58. The zero-order valence-corrected chi connectivity index (χ0v) is 10.3. The van der Waals surface area contributed by atoms with E-state index in [0.29, 0.717) is 0 Å². The number of aromatic nitrogens is 3. The summed E-state index contributed by atoms with van der Waals surface area (Å²) in [6, 6.07) is 6.40. The van der Waals surface area contributed by atoms with Crippen LogP contribution in [0.1, 0.15) is 0 Å². The van der Waals surface area contributed by atoms with Crippen molar-refractivity contribution >= 4 is 0 Å². The van der Waals surface area contributed by atoms with Crippen LogP contribution in [0.3, 0.4) is 0 Å². The van der Waals surface area contributed by atoms with E-state index in [1.54, 1.807) is 23.1 Å². The topological polar surface area (TPSA) is 53.8 Å². The van der Waals surface area contributed by atoms with E-state index >= 15 is 0 Å². The summed E-state index contributed by atoms with van der Waals surface area (Å²) < 4.78 is 1.60. The van der Waals surface area contributed by atoms with Gasteiger partial charge in [-0.2, -0.15) is 5.10 Å². The van der Waals surface area contributed by atoms with Gasteiger partial charge in [-0.1, -0.05) is 12.1 Å². The normalized spacial score (nSPS) is 9.23. The monoisotopic (exact) mass is 199 g/mol. The molecule has 0 aliphatic heterocycles. The third-order valence-electron chi connectivity index (χ3n) is 1.52. The summed E-state index contributed by atoms with van der Waals surface area (Å²) in [5, 5.41) is 14.7. The molecule has 0 unspecified atom stereocenters. The van der Waals surface area contributed by atoms with Gasteiger partial charge < -0.3 is 5.11 Å². The first-order valence-electron chi connectivity index (χ1n) is 3.48. The van der Waals surface area contributed by atoms with Crippen molar-refractivity contribution in [3.05, 3.63) is 36.9 Å². The van der Waals surface area contributed by atoms with Crippen LogP contribution >= 0.6 is 0 Å². The van der Waals surface area contributed by atoms with Crippen molar-refractivity contribution in [1.82, 2.24) is 14.8 Å². The van der Waals surface area contributed by atoms with Gasteiger partial charge in [0.1, 0.15) is 12.7 Å². The summed E-state index contributed by atoms with van der Waals surface area (Å²) in [6.45, 7) is 0. The maximum Gasteiger partial charge on any atom is 1.00 e. The van der Waals surface area contributed by atoms with Gasteiger partial charge in [-0.15, -0.1) is 5.75 Å². The van der Waals surface area contributed by atoms with Gasteiger partial charge in [0.25, 0.3) is 0 Å². The predicted octanol–water partition coefficient (Wildman–Crippen LogP) is -2.66. The number of hydrogen-bond donors (Lipinski definition) is 0. The molecule has 5 heteroatoms. The largest absolute Gasteiger partial charge is 1.00 e. The average molecular weight is 199 g/mol. The molecule has 0 atom stereocenters. The fourth-order valence-corrected chi connectivity index (χ4v) is 0.940. The van der Waals surface area contributed by atoms with Gasteiger partial charge in [-0.25, -0.2) is 9.67 Å². The summed E-state index contributed by atoms with van der Waals surface area (Å²) in [7, 11) is 0. The molecular weight excluding hydrogens is 193 g/mol. The van der Waals surface area contributed by atoms with Crippen LogP contribution in [0.15, 0.2) is 36.9 Å². The van der Waals surface area contributed by atoms with E-state index in [9.17, 15) is 5.11 Å². The number of nitrogens with zero attached hydrogens (tertiary/aromatic N) is 3. The molecule has 0 saturated heterocycles. The van der Waals surface area contributed by atoms with Crippen molar-refractivity contribution in [1.29, 1.82) is 0 Å². The Morgan fingerprint density at radius 3 is 2.38 bits per heavy atom. The Labute approximate surface area is 118 Å². The van der Waals surface area contributed by atoms with E-state index < -0.39 is 0 Å². The van der Waals surface area contributed by atoms with Gasteiger partial charge >= 0.3 is 51.4 Å². The van der Waals surface area contributed by atoms with Gasteiger partial charge in [0.2, 0.25) is 0 Å². The van der Waals surface area contributed by atoms with Gasteiger partial charge in [-0.05, 0) is 12.1 Å². The van der Waals surface area contributed by atoms with Crippen molar-refractivity contribution in [3.8, 4) is 11.4 Å². The zero-order valence-electron chi connectivity index (χ0n) is 7.21. The van der Waals surface area contributed by atoms with Crippen molar-refractivity contribution in [3.63, 3.8) is 0 Å². The van der Waals surface area contributed by atoms with Gasteiger partial charge in [-0.3, -0.25) is 0 Å². The Hall–Kier alpha value is -0.204. The van der Waals surface area contributed by atoms with Crippen LogP contribution in [0, 0.1) is 0 Å². The third kappa shape index (κ3) is 2.62. The summed E-state index contributed by atoms with van der Waals surface area (Å²) in [5.74, 6) is -0.00105. The van der Waals surface area contributed by atoms with E-state index in [-0.39, 0.29) is 57.1 Å². The second-order valence-electron chi connectivity index (χ2n) is 2.33. The van der Waals surface area contributed by atoms with E-state index in [1.807, 2.05) is 0 Å². The Kier molecular flexibility index (Phi) is 4.08. The number of benzene rings is 1. The van der Waals surface area contributed by atoms with Crippen LogP contribution in [-0.2, 0) is 0 Å². The minimum atomic E-state index is -0.00105. The van der Waals surface area contributed by atoms with Crippen molar-refractivity contribution in [2.24, 2.45) is 0 Å². The molecule has 0 fully saturated rings. The standard InChI is InChI=1S/C8H7N3O.K/c12-8-3-1-7(2-4-8)11-6-9-5-10-11;/h1-6,12H;/q;+1/p-1. The molecule has 2 rings (SSSR count). The summed E-state index contributed by atoms with van der Waals surface area (Å²) in [4.78, 5) is 3.79. The first-order valence-corrected chi connectivity index (χ1v) is 3.48. The van der Waals surface area contributed by atoms with Crippen LogP contribution in [0.25, 0.3) is 5.69 Å². The molecule has 60 valence electrons. The van der Waals surface area contributed by atoms with E-state index in [2.05, 4.69) is 10.1 Å². The van der Waals surface area contributed by atoms with Crippen LogP contribution in [-0.4, -0.2) is 14.8 Å². The molecule has 0 bridgehead atoms. The smallest absolute Gasteiger partial charge is 0.872 e. The zero-order chi connectivity index (χ0) is 8.39. The van der Waals surface area contributed by atoms with Crippen LogP contribution in [0.4, 0.5) is 0 Å². The summed E-state index contributed by atoms with van der Waals surface area (Å²) >= 11 is 0. The molecule has 1 aromatic heterocycles. The van der Waals surface area contributed by atoms with E-state index in [0.717, 1.165) is 5.69 Å². The maximum absolute atomic E-state index is 10.7. The predicted molar refractivity (Wildman–Crippen MR) is 40.8 cm³/mol. The Bertz CT molecular complexity index is 357. The van der Waals surface area contributed by atoms with Gasteiger partial charge in [0.15, 0.2) is 0 Å². The minimum Gasteiger partial charge on any atom is -0.872 e. The van der Waals surface area contributed by atoms with Gasteiger partial charge in [0, 0.05) is 0 Å². The van der Waals surface area contributed by atoms with Crippen molar-refractivity contribution in [2.75, 3.05) is 0 Å². The van der Waals surface area contributed by atoms with Crippen LogP contribution in [0.2, 0.25) is 0 Å². The molecule has 2 aromatic rings. The van der Waals surface area contributed by atoms with E-state index in [1.165, 1.54) is 18.5 Å². The molecule has 0 N–H and O–H groups in total. The SMILES string of the molecule is [K+].[O-]c1ccc(-n2cncn2)cc1. The fraction of sp³-hybridized carbons (Fsp3) is 0. The molecular formula is C8H6KN3O. The van der Waals surface area contributed by atoms with E-state index in [4.69, 9.17) is 0 Å². The van der Waals surface area contributed by atoms with Crippen molar-refractivity contribution in [2.45, 2.75) is 0 Å². The quantitative estimate of drug-likeness (QED) is 0.471. The fourth-order valence-electron chi connectivity index (χ4n) is 0.940. The summed E-state index contributed by atoms with van der Waals surface area (Å²) in [5.41, 5.74) is 0.840. The second-order valence-corrected chi connectivity index (χ2v) is 2.33. The number of rotatable bonds is 1. The second kappa shape index (κ2) is 4.87. The molecule has 0 saturated carbocycles. The molecule has 0 aliphatic carbocycles. The molecule has 0 spiro atoms. The molecule has 1 aromatic carbocycles. The third-order valence-corrected chi connectivity index (χ3v) is 1.52. The molecule has 0 aliphatic rings. The Morgan fingerprint density at radius 2 is 1.85 bits per heavy atom. The first kappa shape index (κ1) is 10.9. The first-order chi connectivity index (χ1) is 5.86. The number of hydrogen-bond acceptors (Lipinski definition) is 3. The van der Waals surface area contributed by atoms with Crippen LogP contribution < -0.4 is 56.5 Å².